The Labute approximate surface area is 228 Å². The molecule has 0 radical (unpaired) electrons. The third-order valence-electron chi connectivity index (χ3n) is 8.33. The molecule has 4 unspecified atom stereocenters. The number of nitrogens with zero attached hydrogens (tertiary/aromatic N) is 1. The van der Waals surface area contributed by atoms with E-state index in [1.54, 1.807) is 18.2 Å². The Morgan fingerprint density at radius 3 is 2.46 bits per heavy atom. The second-order valence-electron chi connectivity index (χ2n) is 11.4. The lowest BCUT2D eigenvalue weighted by atomic mass is 9.93. The topological polar surface area (TPSA) is 131 Å². The van der Waals surface area contributed by atoms with Crippen LogP contribution < -0.4 is 16.4 Å². The summed E-state index contributed by atoms with van der Waals surface area (Å²) in [7, 11) is 0. The average Bonchev–Trinajstić information content (AvgIpc) is 3.66. The minimum atomic E-state index is -1.49. The number of fused-ring (bicyclic) bond motifs is 2. The third kappa shape index (κ3) is 5.28. The van der Waals surface area contributed by atoms with Crippen molar-refractivity contribution in [2.24, 2.45) is 17.6 Å². The highest BCUT2D eigenvalue weighted by atomic mass is 16.6. The van der Waals surface area contributed by atoms with Crippen molar-refractivity contribution in [1.29, 1.82) is 0 Å². The SMILES string of the molecule is CC(C)C(N)C(=O)Nc1ccc2c(c1)C(CC(=O)N(Cc1ccccc1)C(C)C1CC1)CC21OC(=O)NC1=O. The van der Waals surface area contributed by atoms with Crippen LogP contribution in [0.2, 0.25) is 0 Å². The van der Waals surface area contributed by atoms with Crippen LogP contribution in [0.15, 0.2) is 48.5 Å². The van der Waals surface area contributed by atoms with E-state index in [0.29, 0.717) is 29.3 Å². The maximum absolute atomic E-state index is 13.9. The van der Waals surface area contributed by atoms with E-state index >= 15 is 0 Å². The molecule has 2 aliphatic carbocycles. The van der Waals surface area contributed by atoms with Crippen LogP contribution >= 0.6 is 0 Å². The lowest BCUT2D eigenvalue weighted by molar-refractivity contribution is -0.136. The molecule has 4 atom stereocenters. The van der Waals surface area contributed by atoms with Crippen molar-refractivity contribution in [3.8, 4) is 0 Å². The molecule has 9 nitrogen and oxygen atoms in total. The highest BCUT2D eigenvalue weighted by molar-refractivity contribution is 6.04. The highest BCUT2D eigenvalue weighted by Gasteiger charge is 2.57. The number of carbonyl (C=O) groups excluding carboxylic acids is 4. The molecule has 2 aromatic carbocycles. The summed E-state index contributed by atoms with van der Waals surface area (Å²) in [5, 5.41) is 5.11. The number of anilines is 1. The first-order chi connectivity index (χ1) is 18.6. The molecule has 206 valence electrons. The number of rotatable bonds is 9. The Morgan fingerprint density at radius 1 is 1.13 bits per heavy atom. The zero-order chi connectivity index (χ0) is 27.9. The number of nitrogens with one attached hydrogen (secondary N) is 2. The fourth-order valence-corrected chi connectivity index (χ4v) is 5.76. The molecule has 1 aliphatic heterocycles. The monoisotopic (exact) mass is 532 g/mol. The molecule has 4 N–H and O–H groups in total. The lowest BCUT2D eigenvalue weighted by Gasteiger charge is -2.31. The predicted octanol–water partition coefficient (Wildman–Crippen LogP) is 3.77. The van der Waals surface area contributed by atoms with Gasteiger partial charge in [0.05, 0.1) is 6.04 Å². The van der Waals surface area contributed by atoms with Gasteiger partial charge in [-0.2, -0.15) is 0 Å². The van der Waals surface area contributed by atoms with Crippen LogP contribution in [0.3, 0.4) is 0 Å². The van der Waals surface area contributed by atoms with Crippen LogP contribution in [-0.4, -0.2) is 40.8 Å². The smallest absolute Gasteiger partial charge is 0.415 e. The first-order valence-electron chi connectivity index (χ1n) is 13.7. The summed E-state index contributed by atoms with van der Waals surface area (Å²) in [6.07, 6.45) is 1.71. The molecular formula is C30H36N4O5. The van der Waals surface area contributed by atoms with Gasteiger partial charge in [0.1, 0.15) is 0 Å². The van der Waals surface area contributed by atoms with Gasteiger partial charge in [0.15, 0.2) is 0 Å². The maximum atomic E-state index is 13.9. The molecule has 9 heteroatoms. The number of amides is 4. The quantitative estimate of drug-likeness (QED) is 0.451. The van der Waals surface area contributed by atoms with E-state index in [-0.39, 0.29) is 42.5 Å². The molecular weight excluding hydrogens is 496 g/mol. The van der Waals surface area contributed by atoms with Crippen LogP contribution in [0.25, 0.3) is 0 Å². The first kappa shape index (κ1) is 26.9. The lowest BCUT2D eigenvalue weighted by Crippen LogP contribution is -2.40. The molecule has 5 rings (SSSR count). The van der Waals surface area contributed by atoms with E-state index in [0.717, 1.165) is 18.4 Å². The summed E-state index contributed by atoms with van der Waals surface area (Å²) in [5.41, 5.74) is 7.36. The van der Waals surface area contributed by atoms with Gasteiger partial charge in [-0.25, -0.2) is 4.79 Å². The zero-order valence-corrected chi connectivity index (χ0v) is 22.6. The number of hydrogen-bond donors (Lipinski definition) is 3. The Balaban J connectivity index is 1.44. The standard InChI is InChI=1S/C30H36N4O5/c1-17(2)26(31)27(36)32-22-11-12-24-23(14-22)21(15-30(24)28(37)33-29(38)39-30)13-25(35)34(18(3)20-9-10-20)16-19-7-5-4-6-8-19/h4-8,11-12,14,17-18,20-21,26H,9-10,13,15-16,31H2,1-3H3,(H,32,36)(H,33,37,38). The summed E-state index contributed by atoms with van der Waals surface area (Å²) in [4.78, 5) is 53.5. The van der Waals surface area contributed by atoms with Crippen LogP contribution in [0.1, 0.15) is 69.1 Å². The number of benzene rings is 2. The van der Waals surface area contributed by atoms with Gasteiger partial charge >= 0.3 is 6.09 Å². The summed E-state index contributed by atoms with van der Waals surface area (Å²) in [5.74, 6) is -0.818. The Kier molecular flexibility index (Phi) is 7.20. The highest BCUT2D eigenvalue weighted by Crippen LogP contribution is 2.51. The van der Waals surface area contributed by atoms with Gasteiger partial charge in [-0.3, -0.25) is 19.7 Å². The first-order valence-corrected chi connectivity index (χ1v) is 13.7. The second-order valence-corrected chi connectivity index (χ2v) is 11.4. The molecule has 1 spiro atoms. The molecule has 0 bridgehead atoms. The molecule has 2 aromatic rings. The number of imide groups is 1. The normalized spacial score (nSPS) is 23.3. The number of nitrogens with two attached hydrogens (primary N) is 1. The van der Waals surface area contributed by atoms with E-state index in [9.17, 15) is 19.2 Å². The van der Waals surface area contributed by atoms with Crippen molar-refractivity contribution in [2.45, 2.75) is 76.6 Å². The maximum Gasteiger partial charge on any atom is 0.415 e. The molecule has 1 heterocycles. The number of hydrogen-bond acceptors (Lipinski definition) is 6. The van der Waals surface area contributed by atoms with Crippen molar-refractivity contribution >= 4 is 29.5 Å². The summed E-state index contributed by atoms with van der Waals surface area (Å²) < 4.78 is 5.57. The summed E-state index contributed by atoms with van der Waals surface area (Å²) >= 11 is 0. The number of carbonyl (C=O) groups is 4. The molecule has 3 aliphatic rings. The number of ether oxygens (including phenoxy) is 1. The van der Waals surface area contributed by atoms with Crippen molar-refractivity contribution in [2.75, 3.05) is 5.32 Å². The van der Waals surface area contributed by atoms with E-state index < -0.39 is 23.6 Å². The van der Waals surface area contributed by atoms with Crippen LogP contribution in [-0.2, 0) is 31.3 Å². The van der Waals surface area contributed by atoms with Crippen LogP contribution in [0.4, 0.5) is 10.5 Å². The fraction of sp³-hybridized carbons (Fsp3) is 0.467. The Hall–Kier alpha value is -3.72. The molecule has 0 aromatic heterocycles. The van der Waals surface area contributed by atoms with E-state index in [2.05, 4.69) is 17.6 Å². The molecule has 1 saturated carbocycles. The predicted molar refractivity (Wildman–Crippen MR) is 145 cm³/mol. The molecule has 2 fully saturated rings. The van der Waals surface area contributed by atoms with Crippen LogP contribution in [0.5, 0.6) is 0 Å². The summed E-state index contributed by atoms with van der Waals surface area (Å²) in [6, 6.07) is 14.5. The molecule has 1 saturated heterocycles. The van der Waals surface area contributed by atoms with Crippen LogP contribution in [0, 0.1) is 11.8 Å². The van der Waals surface area contributed by atoms with Crippen molar-refractivity contribution in [3.63, 3.8) is 0 Å². The summed E-state index contributed by atoms with van der Waals surface area (Å²) in [6.45, 7) is 6.34. The van der Waals surface area contributed by atoms with Crippen molar-refractivity contribution < 1.29 is 23.9 Å². The Morgan fingerprint density at radius 2 is 1.85 bits per heavy atom. The molecule has 39 heavy (non-hydrogen) atoms. The van der Waals surface area contributed by atoms with E-state index in [1.165, 1.54) is 0 Å². The number of alkyl carbamates (subject to hydrolysis) is 1. The third-order valence-corrected chi connectivity index (χ3v) is 8.33. The second kappa shape index (κ2) is 10.4. The van der Waals surface area contributed by atoms with Gasteiger partial charge in [0, 0.05) is 36.7 Å². The van der Waals surface area contributed by atoms with Gasteiger partial charge in [-0.05, 0) is 60.8 Å². The zero-order valence-electron chi connectivity index (χ0n) is 22.6. The van der Waals surface area contributed by atoms with E-state index in [1.807, 2.05) is 49.1 Å². The minimum Gasteiger partial charge on any atom is -0.427 e. The average molecular weight is 533 g/mol. The van der Waals surface area contributed by atoms with Gasteiger partial charge in [0.2, 0.25) is 17.4 Å². The molecule has 4 amide bonds. The van der Waals surface area contributed by atoms with Gasteiger partial charge < -0.3 is 20.7 Å². The van der Waals surface area contributed by atoms with Gasteiger partial charge in [0.25, 0.3) is 5.91 Å². The minimum absolute atomic E-state index is 0.0211. The Bertz CT molecular complexity index is 1290. The van der Waals surface area contributed by atoms with E-state index in [4.69, 9.17) is 10.5 Å². The largest absolute Gasteiger partial charge is 0.427 e. The fourth-order valence-electron chi connectivity index (χ4n) is 5.76. The van der Waals surface area contributed by atoms with Gasteiger partial charge in [-0.1, -0.05) is 50.2 Å². The van der Waals surface area contributed by atoms with Gasteiger partial charge in [-0.15, -0.1) is 0 Å². The van der Waals surface area contributed by atoms with Crippen molar-refractivity contribution in [3.05, 3.63) is 65.2 Å². The van der Waals surface area contributed by atoms with Crippen molar-refractivity contribution in [1.82, 2.24) is 10.2 Å².